The van der Waals surface area contributed by atoms with Crippen LogP contribution in [0.5, 0.6) is 5.75 Å². The molecule has 0 spiro atoms. The van der Waals surface area contributed by atoms with Gasteiger partial charge in [0.1, 0.15) is 12.4 Å². The number of carbonyl (C=O) groups is 1. The first-order chi connectivity index (χ1) is 11.2. The van der Waals surface area contributed by atoms with Gasteiger partial charge in [-0.2, -0.15) is 0 Å². The molecule has 2 N–H and O–H groups in total. The van der Waals surface area contributed by atoms with Crippen molar-refractivity contribution in [3.05, 3.63) is 59.7 Å². The molecule has 0 bridgehead atoms. The molecule has 0 aliphatic heterocycles. The van der Waals surface area contributed by atoms with Crippen molar-refractivity contribution >= 4 is 11.6 Å². The zero-order chi connectivity index (χ0) is 16.5. The van der Waals surface area contributed by atoms with Gasteiger partial charge in [-0.15, -0.1) is 0 Å². The van der Waals surface area contributed by atoms with Crippen molar-refractivity contribution in [1.29, 1.82) is 0 Å². The van der Waals surface area contributed by atoms with Gasteiger partial charge in [0.25, 0.3) is 0 Å². The second-order valence-corrected chi connectivity index (χ2v) is 5.38. The summed E-state index contributed by atoms with van der Waals surface area (Å²) in [6.45, 7) is 5.34. The highest BCUT2D eigenvalue weighted by Crippen LogP contribution is 2.14. The topological polar surface area (TPSA) is 50.4 Å². The second kappa shape index (κ2) is 8.83. The summed E-state index contributed by atoms with van der Waals surface area (Å²) in [5, 5.41) is 6.03. The summed E-state index contributed by atoms with van der Waals surface area (Å²) in [5.41, 5.74) is 3.38. The van der Waals surface area contributed by atoms with Crippen LogP contribution in [0.1, 0.15) is 18.1 Å². The van der Waals surface area contributed by atoms with E-state index in [2.05, 4.69) is 23.6 Å². The summed E-state index contributed by atoms with van der Waals surface area (Å²) in [5.74, 6) is 0.790. The van der Waals surface area contributed by atoms with Crippen LogP contribution in [0.3, 0.4) is 0 Å². The lowest BCUT2D eigenvalue weighted by Crippen LogP contribution is -2.33. The lowest BCUT2D eigenvalue weighted by Gasteiger charge is -2.11. The molecule has 1 amide bonds. The maximum absolute atomic E-state index is 11.9. The predicted octanol–water partition coefficient (Wildman–Crippen LogP) is 3.16. The van der Waals surface area contributed by atoms with Gasteiger partial charge in [0.2, 0.25) is 5.91 Å². The summed E-state index contributed by atoms with van der Waals surface area (Å²) in [4.78, 5) is 11.9. The normalized spacial score (nSPS) is 10.2. The van der Waals surface area contributed by atoms with Gasteiger partial charge in [0.05, 0.1) is 13.1 Å². The van der Waals surface area contributed by atoms with Crippen LogP contribution >= 0.6 is 0 Å². The van der Waals surface area contributed by atoms with Crippen molar-refractivity contribution in [1.82, 2.24) is 5.32 Å². The Bertz CT molecular complexity index is 641. The molecule has 0 aliphatic carbocycles. The number of benzene rings is 2. The molecule has 2 rings (SSSR count). The van der Waals surface area contributed by atoms with Crippen molar-refractivity contribution < 1.29 is 9.53 Å². The van der Waals surface area contributed by atoms with Gasteiger partial charge in [-0.05, 0) is 42.7 Å². The lowest BCUT2D eigenvalue weighted by molar-refractivity contribution is -0.119. The van der Waals surface area contributed by atoms with Crippen molar-refractivity contribution in [2.45, 2.75) is 20.3 Å². The largest absolute Gasteiger partial charge is 0.492 e. The first-order valence-electron chi connectivity index (χ1n) is 7.97. The van der Waals surface area contributed by atoms with E-state index in [1.54, 1.807) is 0 Å². The van der Waals surface area contributed by atoms with E-state index in [0.29, 0.717) is 13.2 Å². The minimum atomic E-state index is -0.0382. The van der Waals surface area contributed by atoms with Crippen molar-refractivity contribution in [3.8, 4) is 5.75 Å². The average molecular weight is 312 g/mol. The molecule has 0 radical (unpaired) electrons. The fourth-order valence-corrected chi connectivity index (χ4v) is 2.30. The van der Waals surface area contributed by atoms with Gasteiger partial charge in [0, 0.05) is 5.69 Å². The van der Waals surface area contributed by atoms with Crippen LogP contribution in [0, 0.1) is 6.92 Å². The first kappa shape index (κ1) is 16.9. The molecule has 122 valence electrons. The van der Waals surface area contributed by atoms with E-state index in [9.17, 15) is 4.79 Å². The molecule has 0 saturated carbocycles. The maximum atomic E-state index is 11.9. The number of hydrogen-bond donors (Lipinski definition) is 2. The fraction of sp³-hybridized carbons (Fsp3) is 0.316. The zero-order valence-electron chi connectivity index (χ0n) is 13.8. The number of nitrogens with one attached hydrogen (secondary N) is 2. The van der Waals surface area contributed by atoms with E-state index in [0.717, 1.165) is 23.4 Å². The SMILES string of the molecule is CCc1ccccc1NCC(=O)NCCOc1cccc(C)c1. The Hall–Kier alpha value is -2.49. The quantitative estimate of drug-likeness (QED) is 0.736. The van der Waals surface area contributed by atoms with Gasteiger partial charge in [0.15, 0.2) is 0 Å². The van der Waals surface area contributed by atoms with Gasteiger partial charge in [-0.25, -0.2) is 0 Å². The van der Waals surface area contributed by atoms with Gasteiger partial charge < -0.3 is 15.4 Å². The first-order valence-corrected chi connectivity index (χ1v) is 7.97. The summed E-state index contributed by atoms with van der Waals surface area (Å²) >= 11 is 0. The number of para-hydroxylation sites is 1. The van der Waals surface area contributed by atoms with Crippen LogP contribution in [0.15, 0.2) is 48.5 Å². The molecule has 4 heteroatoms. The van der Waals surface area contributed by atoms with Crippen LogP contribution in [0.25, 0.3) is 0 Å². The summed E-state index contributed by atoms with van der Waals surface area (Å²) in [6, 6.07) is 15.9. The number of aryl methyl sites for hydroxylation is 2. The molecule has 0 saturated heterocycles. The van der Waals surface area contributed by atoms with Gasteiger partial charge in [-0.3, -0.25) is 4.79 Å². The molecular formula is C19H24N2O2. The maximum Gasteiger partial charge on any atom is 0.239 e. The minimum Gasteiger partial charge on any atom is -0.492 e. The molecule has 0 aliphatic rings. The number of hydrogen-bond acceptors (Lipinski definition) is 3. The lowest BCUT2D eigenvalue weighted by atomic mass is 10.1. The highest BCUT2D eigenvalue weighted by molar-refractivity contribution is 5.80. The van der Waals surface area contributed by atoms with Crippen LogP contribution in [0.2, 0.25) is 0 Å². The van der Waals surface area contributed by atoms with Crippen molar-refractivity contribution in [2.24, 2.45) is 0 Å². The zero-order valence-corrected chi connectivity index (χ0v) is 13.8. The fourth-order valence-electron chi connectivity index (χ4n) is 2.30. The third kappa shape index (κ3) is 5.66. The molecule has 0 heterocycles. The Morgan fingerprint density at radius 2 is 1.96 bits per heavy atom. The number of rotatable bonds is 8. The number of amides is 1. The van der Waals surface area contributed by atoms with E-state index in [1.807, 2.05) is 49.4 Å². The van der Waals surface area contributed by atoms with E-state index in [-0.39, 0.29) is 12.5 Å². The molecule has 2 aromatic carbocycles. The van der Waals surface area contributed by atoms with Crippen molar-refractivity contribution in [3.63, 3.8) is 0 Å². The monoisotopic (exact) mass is 312 g/mol. The Morgan fingerprint density at radius 3 is 2.74 bits per heavy atom. The van der Waals surface area contributed by atoms with E-state index < -0.39 is 0 Å². The Kier molecular flexibility index (Phi) is 6.48. The Morgan fingerprint density at radius 1 is 1.13 bits per heavy atom. The number of carbonyl (C=O) groups excluding carboxylic acids is 1. The molecule has 2 aromatic rings. The molecular weight excluding hydrogens is 288 g/mol. The van der Waals surface area contributed by atoms with E-state index in [1.165, 1.54) is 5.56 Å². The second-order valence-electron chi connectivity index (χ2n) is 5.38. The summed E-state index contributed by atoms with van der Waals surface area (Å²) in [6.07, 6.45) is 0.940. The molecule has 0 fully saturated rings. The molecule has 23 heavy (non-hydrogen) atoms. The molecule has 4 nitrogen and oxygen atoms in total. The predicted molar refractivity (Wildman–Crippen MR) is 94.0 cm³/mol. The van der Waals surface area contributed by atoms with Crippen LogP contribution in [-0.4, -0.2) is 25.6 Å². The molecule has 0 atom stereocenters. The standard InChI is InChI=1S/C19H24N2O2/c1-3-16-8-4-5-10-18(16)21-14-19(22)20-11-12-23-17-9-6-7-15(2)13-17/h4-10,13,21H,3,11-12,14H2,1-2H3,(H,20,22). The summed E-state index contributed by atoms with van der Waals surface area (Å²) < 4.78 is 5.60. The third-order valence-electron chi connectivity index (χ3n) is 3.52. The molecule has 0 unspecified atom stereocenters. The Balaban J connectivity index is 1.67. The van der Waals surface area contributed by atoms with Gasteiger partial charge in [-0.1, -0.05) is 37.3 Å². The van der Waals surface area contributed by atoms with Crippen LogP contribution < -0.4 is 15.4 Å². The number of anilines is 1. The van der Waals surface area contributed by atoms with Crippen LogP contribution in [0.4, 0.5) is 5.69 Å². The van der Waals surface area contributed by atoms with Crippen molar-refractivity contribution in [2.75, 3.05) is 25.0 Å². The van der Waals surface area contributed by atoms with Crippen LogP contribution in [-0.2, 0) is 11.2 Å². The highest BCUT2D eigenvalue weighted by Gasteiger charge is 2.03. The Labute approximate surface area is 137 Å². The molecule has 0 aromatic heterocycles. The smallest absolute Gasteiger partial charge is 0.239 e. The number of ether oxygens (including phenoxy) is 1. The minimum absolute atomic E-state index is 0.0382. The average Bonchev–Trinajstić information content (AvgIpc) is 2.57. The third-order valence-corrected chi connectivity index (χ3v) is 3.52. The van der Waals surface area contributed by atoms with E-state index >= 15 is 0 Å². The summed E-state index contributed by atoms with van der Waals surface area (Å²) in [7, 11) is 0. The highest BCUT2D eigenvalue weighted by atomic mass is 16.5. The van der Waals surface area contributed by atoms with E-state index in [4.69, 9.17) is 4.74 Å². The van der Waals surface area contributed by atoms with Gasteiger partial charge >= 0.3 is 0 Å².